The molecule has 0 spiro atoms. The molecular weight excluding hydrogens is 202 g/mol. The van der Waals surface area contributed by atoms with E-state index in [0.29, 0.717) is 12.4 Å². The van der Waals surface area contributed by atoms with Crippen molar-refractivity contribution in [2.75, 3.05) is 4.90 Å². The first-order valence-electron chi connectivity index (χ1n) is 5.02. The molecule has 1 aliphatic rings. The number of fused-ring (bicyclic) bond motifs is 1. The van der Waals surface area contributed by atoms with Gasteiger partial charge in [-0.2, -0.15) is 0 Å². The highest BCUT2D eigenvalue weighted by Crippen LogP contribution is 2.25. The quantitative estimate of drug-likeness (QED) is 0.720. The molecular formula is C12H9N3O. The molecule has 0 fully saturated rings. The first-order valence-corrected chi connectivity index (χ1v) is 5.02. The van der Waals surface area contributed by atoms with Crippen LogP contribution in [0.1, 0.15) is 15.9 Å². The Morgan fingerprint density at radius 2 is 2.12 bits per heavy atom. The molecule has 0 bridgehead atoms. The topological polar surface area (TPSA) is 46.1 Å². The molecule has 3 heterocycles. The van der Waals surface area contributed by atoms with E-state index in [-0.39, 0.29) is 5.91 Å². The third-order valence-corrected chi connectivity index (χ3v) is 2.63. The summed E-state index contributed by atoms with van der Waals surface area (Å²) in [6, 6.07) is 7.29. The lowest BCUT2D eigenvalue weighted by atomic mass is 10.2. The van der Waals surface area contributed by atoms with Crippen LogP contribution in [0.2, 0.25) is 0 Å². The van der Waals surface area contributed by atoms with Crippen LogP contribution in [-0.4, -0.2) is 15.9 Å². The van der Waals surface area contributed by atoms with Crippen molar-refractivity contribution in [3.05, 3.63) is 54.0 Å². The van der Waals surface area contributed by atoms with E-state index >= 15 is 0 Å². The van der Waals surface area contributed by atoms with Gasteiger partial charge in [-0.1, -0.05) is 6.07 Å². The highest BCUT2D eigenvalue weighted by atomic mass is 16.2. The fraction of sp³-hybridized carbons (Fsp3) is 0.0833. The predicted molar refractivity (Wildman–Crippen MR) is 59.0 cm³/mol. The van der Waals surface area contributed by atoms with Gasteiger partial charge in [-0.25, -0.2) is 4.98 Å². The van der Waals surface area contributed by atoms with E-state index in [0.717, 1.165) is 11.1 Å². The smallest absolute Gasteiger partial charge is 0.260 e. The average molecular weight is 211 g/mol. The molecule has 0 unspecified atom stereocenters. The maximum atomic E-state index is 12.1. The maximum absolute atomic E-state index is 12.1. The van der Waals surface area contributed by atoms with Gasteiger partial charge in [-0.05, 0) is 18.2 Å². The van der Waals surface area contributed by atoms with E-state index in [2.05, 4.69) is 9.97 Å². The highest BCUT2D eigenvalue weighted by Gasteiger charge is 2.28. The van der Waals surface area contributed by atoms with Crippen LogP contribution in [0.5, 0.6) is 0 Å². The van der Waals surface area contributed by atoms with Gasteiger partial charge in [0.25, 0.3) is 5.91 Å². The number of anilines is 1. The van der Waals surface area contributed by atoms with Gasteiger partial charge in [0.1, 0.15) is 5.82 Å². The summed E-state index contributed by atoms with van der Waals surface area (Å²) in [6.07, 6.45) is 5.05. The van der Waals surface area contributed by atoms with Crippen molar-refractivity contribution >= 4 is 11.7 Å². The first kappa shape index (κ1) is 9.03. The molecule has 1 aliphatic heterocycles. The Hall–Kier alpha value is -2.23. The third-order valence-electron chi connectivity index (χ3n) is 2.63. The molecule has 0 aromatic carbocycles. The minimum absolute atomic E-state index is 0.00361. The number of nitrogens with zero attached hydrogens (tertiary/aromatic N) is 3. The molecule has 16 heavy (non-hydrogen) atoms. The zero-order valence-corrected chi connectivity index (χ0v) is 8.50. The molecule has 0 N–H and O–H groups in total. The number of rotatable bonds is 1. The molecule has 0 radical (unpaired) electrons. The number of hydrogen-bond donors (Lipinski definition) is 0. The Kier molecular flexibility index (Phi) is 1.93. The average Bonchev–Trinajstić information content (AvgIpc) is 2.69. The Bertz CT molecular complexity index is 539. The van der Waals surface area contributed by atoms with E-state index < -0.39 is 0 Å². The fourth-order valence-corrected chi connectivity index (χ4v) is 1.85. The van der Waals surface area contributed by atoms with Crippen molar-refractivity contribution < 1.29 is 4.79 Å². The van der Waals surface area contributed by atoms with Gasteiger partial charge in [0.05, 0.1) is 6.54 Å². The number of carbonyl (C=O) groups excluding carboxylic acids is 1. The predicted octanol–water partition coefficient (Wildman–Crippen LogP) is 1.64. The van der Waals surface area contributed by atoms with Gasteiger partial charge in [0.15, 0.2) is 0 Å². The molecule has 1 amide bonds. The standard InChI is InChI=1S/C12H9N3O/c16-12-10-4-6-13-7-9(10)8-15(12)11-3-1-2-5-14-11/h1-7H,8H2. The van der Waals surface area contributed by atoms with Crippen LogP contribution in [0.25, 0.3) is 0 Å². The number of amides is 1. The normalized spacial score (nSPS) is 14.0. The fourth-order valence-electron chi connectivity index (χ4n) is 1.85. The van der Waals surface area contributed by atoms with Crippen molar-refractivity contribution in [1.29, 1.82) is 0 Å². The van der Waals surface area contributed by atoms with E-state index in [1.807, 2.05) is 18.2 Å². The summed E-state index contributed by atoms with van der Waals surface area (Å²) in [5.41, 5.74) is 1.68. The van der Waals surface area contributed by atoms with E-state index in [1.165, 1.54) is 0 Å². The van der Waals surface area contributed by atoms with Gasteiger partial charge >= 0.3 is 0 Å². The molecule has 3 rings (SSSR count). The Labute approximate surface area is 92.6 Å². The minimum Gasteiger partial charge on any atom is -0.288 e. The molecule has 4 nitrogen and oxygen atoms in total. The number of pyridine rings is 2. The van der Waals surface area contributed by atoms with Gasteiger partial charge in [0, 0.05) is 29.7 Å². The third kappa shape index (κ3) is 1.27. The van der Waals surface area contributed by atoms with Crippen LogP contribution < -0.4 is 4.90 Å². The van der Waals surface area contributed by atoms with Crippen LogP contribution in [0.4, 0.5) is 5.82 Å². The van der Waals surface area contributed by atoms with Crippen molar-refractivity contribution in [3.8, 4) is 0 Å². The second-order valence-electron chi connectivity index (χ2n) is 3.61. The summed E-state index contributed by atoms with van der Waals surface area (Å²) in [5.74, 6) is 0.680. The SMILES string of the molecule is O=C1c2ccncc2CN1c1ccccn1. The van der Waals surface area contributed by atoms with Crippen LogP contribution in [0, 0.1) is 0 Å². The summed E-state index contributed by atoms with van der Waals surface area (Å²) in [4.78, 5) is 21.9. The molecule has 0 atom stereocenters. The van der Waals surface area contributed by atoms with Gasteiger partial charge in [-0.3, -0.25) is 14.7 Å². The summed E-state index contributed by atoms with van der Waals surface area (Å²) in [6.45, 7) is 0.555. The van der Waals surface area contributed by atoms with Crippen LogP contribution in [-0.2, 0) is 6.54 Å². The largest absolute Gasteiger partial charge is 0.288 e. The van der Waals surface area contributed by atoms with E-state index in [1.54, 1.807) is 29.6 Å². The number of carbonyl (C=O) groups is 1. The van der Waals surface area contributed by atoms with Crippen molar-refractivity contribution in [3.63, 3.8) is 0 Å². The van der Waals surface area contributed by atoms with Crippen molar-refractivity contribution in [1.82, 2.24) is 9.97 Å². The van der Waals surface area contributed by atoms with Crippen LogP contribution >= 0.6 is 0 Å². The summed E-state index contributed by atoms with van der Waals surface area (Å²) < 4.78 is 0. The van der Waals surface area contributed by atoms with Crippen LogP contribution in [0.15, 0.2) is 42.9 Å². The van der Waals surface area contributed by atoms with Crippen molar-refractivity contribution in [2.24, 2.45) is 0 Å². The molecule has 78 valence electrons. The van der Waals surface area contributed by atoms with Gasteiger partial charge < -0.3 is 0 Å². The Morgan fingerprint density at radius 1 is 1.19 bits per heavy atom. The molecule has 4 heteroatoms. The molecule has 0 saturated heterocycles. The van der Waals surface area contributed by atoms with Gasteiger partial charge in [-0.15, -0.1) is 0 Å². The molecule has 0 aliphatic carbocycles. The number of hydrogen-bond acceptors (Lipinski definition) is 3. The lowest BCUT2D eigenvalue weighted by Crippen LogP contribution is -2.23. The lowest BCUT2D eigenvalue weighted by Gasteiger charge is -2.13. The monoisotopic (exact) mass is 211 g/mol. The Balaban J connectivity index is 2.02. The first-order chi connectivity index (χ1) is 7.86. The maximum Gasteiger partial charge on any atom is 0.260 e. The Morgan fingerprint density at radius 3 is 2.88 bits per heavy atom. The number of aromatic nitrogens is 2. The lowest BCUT2D eigenvalue weighted by molar-refractivity contribution is 0.0996. The summed E-state index contributed by atoms with van der Waals surface area (Å²) in [7, 11) is 0. The molecule has 2 aromatic rings. The zero-order chi connectivity index (χ0) is 11.0. The van der Waals surface area contributed by atoms with Gasteiger partial charge in [0.2, 0.25) is 0 Å². The zero-order valence-electron chi connectivity index (χ0n) is 8.50. The second kappa shape index (κ2) is 3.41. The van der Waals surface area contributed by atoms with E-state index in [4.69, 9.17) is 0 Å². The van der Waals surface area contributed by atoms with Crippen molar-refractivity contribution in [2.45, 2.75) is 6.54 Å². The van der Waals surface area contributed by atoms with Crippen LogP contribution in [0.3, 0.4) is 0 Å². The van der Waals surface area contributed by atoms with E-state index in [9.17, 15) is 4.79 Å². The summed E-state index contributed by atoms with van der Waals surface area (Å²) >= 11 is 0. The minimum atomic E-state index is -0.00361. The molecule has 0 saturated carbocycles. The highest BCUT2D eigenvalue weighted by molar-refractivity contribution is 6.09. The summed E-state index contributed by atoms with van der Waals surface area (Å²) in [5, 5.41) is 0. The molecule has 2 aromatic heterocycles. The second-order valence-corrected chi connectivity index (χ2v) is 3.61.